The lowest BCUT2D eigenvalue weighted by Crippen LogP contribution is -2.55. The Labute approximate surface area is 122 Å². The van der Waals surface area contributed by atoms with Crippen LogP contribution in [0.3, 0.4) is 0 Å². The minimum absolute atomic E-state index is 0.558. The van der Waals surface area contributed by atoms with E-state index in [-0.39, 0.29) is 0 Å². The molecule has 2 amide bonds. The van der Waals surface area contributed by atoms with Crippen molar-refractivity contribution in [3.05, 3.63) is 0 Å². The highest BCUT2D eigenvalue weighted by Gasteiger charge is 2.32. The molecule has 0 heterocycles. The lowest BCUT2D eigenvalue weighted by molar-refractivity contribution is -0.156. The zero-order valence-corrected chi connectivity index (χ0v) is 12.5. The summed E-state index contributed by atoms with van der Waals surface area (Å²) in [5.41, 5.74) is 5.37. The van der Waals surface area contributed by atoms with Crippen LogP contribution in [0.1, 0.15) is 20.8 Å². The molecule has 0 radical (unpaired) electrons. The molecule has 0 fully saturated rings. The van der Waals surface area contributed by atoms with Gasteiger partial charge in [-0.1, -0.05) is 0 Å². The molecular formula is C12H21N3O6. The molecule has 0 aromatic rings. The summed E-state index contributed by atoms with van der Waals surface area (Å²) in [7, 11) is 1.13. The lowest BCUT2D eigenvalue weighted by atomic mass is 10.2. The van der Waals surface area contributed by atoms with Crippen LogP contribution < -0.4 is 11.1 Å². The molecule has 0 aromatic heterocycles. The molecule has 21 heavy (non-hydrogen) atoms. The molecule has 0 aliphatic carbocycles. The number of amides is 2. The molecule has 9 heteroatoms. The fraction of sp³-hybridized carbons (Fsp3) is 0.667. The summed E-state index contributed by atoms with van der Waals surface area (Å²) in [4.78, 5) is 46.8. The third kappa shape index (κ3) is 5.78. The summed E-state index contributed by atoms with van der Waals surface area (Å²) in [6, 6.07) is -2.92. The molecule has 3 atom stereocenters. The summed E-state index contributed by atoms with van der Waals surface area (Å²) in [6.45, 7) is 3.47. The number of hydrogen-bond donors (Lipinski definition) is 3. The highest BCUT2D eigenvalue weighted by Crippen LogP contribution is 2.05. The molecule has 0 unspecified atom stereocenters. The highest BCUT2D eigenvalue weighted by molar-refractivity contribution is 5.93. The molecule has 4 N–H and O–H groups in total. The summed E-state index contributed by atoms with van der Waals surface area (Å²) in [5.74, 6) is -3.32. The monoisotopic (exact) mass is 303 g/mol. The van der Waals surface area contributed by atoms with Crippen LogP contribution in [0.25, 0.3) is 0 Å². The third-order valence-corrected chi connectivity index (χ3v) is 2.74. The van der Waals surface area contributed by atoms with Crippen LogP contribution >= 0.6 is 0 Å². The maximum atomic E-state index is 12.2. The lowest BCUT2D eigenvalue weighted by Gasteiger charge is -2.28. The molecular weight excluding hydrogens is 282 g/mol. The van der Waals surface area contributed by atoms with Crippen LogP contribution in [0.15, 0.2) is 0 Å². The van der Waals surface area contributed by atoms with Crippen molar-refractivity contribution >= 4 is 23.8 Å². The Morgan fingerprint density at radius 1 is 1.24 bits per heavy atom. The fourth-order valence-electron chi connectivity index (χ4n) is 1.50. The van der Waals surface area contributed by atoms with Crippen molar-refractivity contribution in [2.75, 3.05) is 13.7 Å². The van der Waals surface area contributed by atoms with Gasteiger partial charge < -0.3 is 25.8 Å². The van der Waals surface area contributed by atoms with Gasteiger partial charge in [-0.2, -0.15) is 0 Å². The topological polar surface area (TPSA) is 139 Å². The minimum atomic E-state index is -1.29. The molecule has 0 aromatic carbocycles. The Hall–Kier alpha value is -2.16. The number of rotatable bonds is 7. The SMILES string of the molecule is COC(=O)[C@H](C)N(CC(=O)O)C(=O)[C@H](C)NC(=O)[C@H](C)N. The van der Waals surface area contributed by atoms with Gasteiger partial charge in [0.15, 0.2) is 0 Å². The first-order valence-corrected chi connectivity index (χ1v) is 6.27. The van der Waals surface area contributed by atoms with Crippen molar-refractivity contribution in [3.8, 4) is 0 Å². The predicted octanol–water partition coefficient (Wildman–Crippen LogP) is -1.69. The molecule has 9 nitrogen and oxygen atoms in total. The van der Waals surface area contributed by atoms with Gasteiger partial charge in [0.2, 0.25) is 11.8 Å². The Morgan fingerprint density at radius 2 is 1.76 bits per heavy atom. The van der Waals surface area contributed by atoms with Crippen LogP contribution in [-0.4, -0.2) is 65.5 Å². The number of nitrogens with zero attached hydrogens (tertiary/aromatic N) is 1. The van der Waals surface area contributed by atoms with Gasteiger partial charge in [-0.05, 0) is 20.8 Å². The quantitative estimate of drug-likeness (QED) is 0.477. The van der Waals surface area contributed by atoms with Gasteiger partial charge in [-0.25, -0.2) is 4.79 Å². The first-order chi connectivity index (χ1) is 9.61. The van der Waals surface area contributed by atoms with Crippen LogP contribution in [0.2, 0.25) is 0 Å². The van der Waals surface area contributed by atoms with E-state index in [1.807, 2.05) is 0 Å². The largest absolute Gasteiger partial charge is 0.480 e. The number of nitrogens with two attached hydrogens (primary N) is 1. The molecule has 0 bridgehead atoms. The van der Waals surface area contributed by atoms with E-state index in [0.717, 1.165) is 12.0 Å². The molecule has 0 rings (SSSR count). The summed E-state index contributed by atoms with van der Waals surface area (Å²) in [6.07, 6.45) is 0. The second-order valence-corrected chi connectivity index (χ2v) is 4.58. The van der Waals surface area contributed by atoms with Crippen molar-refractivity contribution in [1.82, 2.24) is 10.2 Å². The van der Waals surface area contributed by atoms with E-state index in [2.05, 4.69) is 10.1 Å². The van der Waals surface area contributed by atoms with Gasteiger partial charge in [0, 0.05) is 0 Å². The zero-order valence-electron chi connectivity index (χ0n) is 12.5. The van der Waals surface area contributed by atoms with E-state index in [1.165, 1.54) is 20.8 Å². The first kappa shape index (κ1) is 18.8. The molecule has 0 aliphatic rings. The molecule has 0 spiro atoms. The van der Waals surface area contributed by atoms with Gasteiger partial charge in [0.05, 0.1) is 13.2 Å². The number of hydrogen-bond acceptors (Lipinski definition) is 6. The minimum Gasteiger partial charge on any atom is -0.480 e. The van der Waals surface area contributed by atoms with Crippen molar-refractivity contribution < 1.29 is 29.0 Å². The molecule has 0 saturated heterocycles. The maximum Gasteiger partial charge on any atom is 0.328 e. The third-order valence-electron chi connectivity index (χ3n) is 2.74. The van der Waals surface area contributed by atoms with Crippen LogP contribution in [0.5, 0.6) is 0 Å². The molecule has 0 saturated carbocycles. The van der Waals surface area contributed by atoms with Crippen molar-refractivity contribution in [3.63, 3.8) is 0 Å². The second kappa shape index (κ2) is 8.20. The van der Waals surface area contributed by atoms with Gasteiger partial charge in [-0.3, -0.25) is 14.4 Å². The number of carboxylic acids is 1. The van der Waals surface area contributed by atoms with E-state index in [9.17, 15) is 19.2 Å². The summed E-state index contributed by atoms with van der Waals surface area (Å²) >= 11 is 0. The van der Waals surface area contributed by atoms with E-state index < -0.39 is 48.4 Å². The molecule has 0 aliphatic heterocycles. The summed E-state index contributed by atoms with van der Waals surface area (Å²) < 4.78 is 4.49. The van der Waals surface area contributed by atoms with E-state index >= 15 is 0 Å². The number of esters is 1. The van der Waals surface area contributed by atoms with E-state index in [1.54, 1.807) is 0 Å². The number of carboxylic acid groups (broad SMARTS) is 1. The van der Waals surface area contributed by atoms with Crippen LogP contribution in [0.4, 0.5) is 0 Å². The smallest absolute Gasteiger partial charge is 0.328 e. The van der Waals surface area contributed by atoms with Crippen molar-refractivity contribution in [1.29, 1.82) is 0 Å². The normalized spacial score (nSPS) is 14.5. The average Bonchev–Trinajstić information content (AvgIpc) is 2.41. The van der Waals surface area contributed by atoms with E-state index in [4.69, 9.17) is 10.8 Å². The zero-order chi connectivity index (χ0) is 16.7. The standard InChI is InChI=1S/C12H21N3O6/c1-6(13)10(18)14-7(2)11(19)15(5-9(16)17)8(3)12(20)21-4/h6-8H,5,13H2,1-4H3,(H,14,18)(H,16,17)/t6-,7-,8-/m0/s1. The first-order valence-electron chi connectivity index (χ1n) is 6.27. The second-order valence-electron chi connectivity index (χ2n) is 4.58. The Morgan fingerprint density at radius 3 is 2.14 bits per heavy atom. The Kier molecular flexibility index (Phi) is 7.36. The maximum absolute atomic E-state index is 12.2. The van der Waals surface area contributed by atoms with Crippen LogP contribution in [0, 0.1) is 0 Å². The predicted molar refractivity (Wildman–Crippen MR) is 72.1 cm³/mol. The van der Waals surface area contributed by atoms with Gasteiger partial charge in [-0.15, -0.1) is 0 Å². The van der Waals surface area contributed by atoms with E-state index in [0.29, 0.717) is 0 Å². The summed E-state index contributed by atoms with van der Waals surface area (Å²) in [5, 5.41) is 11.2. The number of carbonyl (C=O) groups is 4. The number of aliphatic carboxylic acids is 1. The number of methoxy groups -OCH3 is 1. The van der Waals surface area contributed by atoms with Gasteiger partial charge in [0.1, 0.15) is 18.6 Å². The Balaban J connectivity index is 5.06. The number of ether oxygens (including phenoxy) is 1. The molecule has 120 valence electrons. The highest BCUT2D eigenvalue weighted by atomic mass is 16.5. The fourth-order valence-corrected chi connectivity index (χ4v) is 1.50. The number of carbonyl (C=O) groups excluding carboxylic acids is 3. The average molecular weight is 303 g/mol. The van der Waals surface area contributed by atoms with Gasteiger partial charge >= 0.3 is 11.9 Å². The van der Waals surface area contributed by atoms with Crippen molar-refractivity contribution in [2.45, 2.75) is 38.9 Å². The van der Waals surface area contributed by atoms with Gasteiger partial charge in [0.25, 0.3) is 0 Å². The number of nitrogens with one attached hydrogen (secondary N) is 1. The Bertz CT molecular complexity index is 423. The van der Waals surface area contributed by atoms with Crippen LogP contribution in [-0.2, 0) is 23.9 Å². The van der Waals surface area contributed by atoms with Crippen molar-refractivity contribution in [2.24, 2.45) is 5.73 Å².